The molecule has 2 nitrogen and oxygen atoms in total. The number of benzene rings is 3. The van der Waals surface area contributed by atoms with Gasteiger partial charge in [0.2, 0.25) is 0 Å². The second-order valence-corrected chi connectivity index (χ2v) is 6.26. The molecule has 0 saturated heterocycles. The second kappa shape index (κ2) is 8.74. The molecule has 3 rings (SSSR count). The Morgan fingerprint density at radius 2 is 1.70 bits per heavy atom. The van der Waals surface area contributed by atoms with Crippen LogP contribution in [-0.2, 0) is 11.8 Å². The SMILES string of the molecule is C#CC#COc1ccc(-c2cc(CCl)cc(OC)c2CCl)c2ccccc12. The fourth-order valence-corrected chi connectivity index (χ4v) is 3.48. The summed E-state index contributed by atoms with van der Waals surface area (Å²) in [6, 6.07) is 15.8. The van der Waals surface area contributed by atoms with Crippen molar-refractivity contribution in [3.05, 3.63) is 59.7 Å². The summed E-state index contributed by atoms with van der Waals surface area (Å²) in [4.78, 5) is 0. The van der Waals surface area contributed by atoms with Crippen LogP contribution in [0.15, 0.2) is 48.5 Å². The van der Waals surface area contributed by atoms with E-state index in [1.807, 2.05) is 48.5 Å². The molecule has 0 heterocycles. The number of hydrogen-bond acceptors (Lipinski definition) is 2. The fourth-order valence-electron chi connectivity index (χ4n) is 3.05. The Labute approximate surface area is 169 Å². The zero-order chi connectivity index (χ0) is 19.2. The molecule has 0 radical (unpaired) electrons. The van der Waals surface area contributed by atoms with E-state index in [4.69, 9.17) is 39.1 Å². The van der Waals surface area contributed by atoms with Crippen molar-refractivity contribution in [3.63, 3.8) is 0 Å². The summed E-state index contributed by atoms with van der Waals surface area (Å²) in [7, 11) is 1.63. The van der Waals surface area contributed by atoms with E-state index in [2.05, 4.69) is 17.9 Å². The molecule has 0 spiro atoms. The summed E-state index contributed by atoms with van der Waals surface area (Å²) < 4.78 is 11.1. The van der Waals surface area contributed by atoms with E-state index in [0.717, 1.165) is 38.8 Å². The lowest BCUT2D eigenvalue weighted by atomic mass is 9.93. The fraction of sp³-hybridized carbons (Fsp3) is 0.130. The van der Waals surface area contributed by atoms with Crippen molar-refractivity contribution in [1.29, 1.82) is 0 Å². The van der Waals surface area contributed by atoms with Gasteiger partial charge in [-0.25, -0.2) is 0 Å². The van der Waals surface area contributed by atoms with Crippen LogP contribution in [0.3, 0.4) is 0 Å². The average molecular weight is 395 g/mol. The maximum Gasteiger partial charge on any atom is 0.148 e. The predicted octanol–water partition coefficient (Wildman–Crippen LogP) is 5.97. The van der Waals surface area contributed by atoms with Gasteiger partial charge in [-0.2, -0.15) is 0 Å². The van der Waals surface area contributed by atoms with Crippen LogP contribution >= 0.6 is 23.2 Å². The van der Waals surface area contributed by atoms with Crippen molar-refractivity contribution < 1.29 is 9.47 Å². The van der Waals surface area contributed by atoms with Gasteiger partial charge in [0.05, 0.1) is 13.0 Å². The molecular weight excluding hydrogens is 379 g/mol. The van der Waals surface area contributed by atoms with Crippen LogP contribution < -0.4 is 9.47 Å². The number of ether oxygens (including phenoxy) is 2. The van der Waals surface area contributed by atoms with Crippen LogP contribution in [0, 0.1) is 24.4 Å². The maximum absolute atomic E-state index is 6.25. The van der Waals surface area contributed by atoms with Crippen molar-refractivity contribution >= 4 is 34.0 Å². The average Bonchev–Trinajstić information content (AvgIpc) is 2.72. The van der Waals surface area contributed by atoms with Crippen LogP contribution in [0.25, 0.3) is 21.9 Å². The van der Waals surface area contributed by atoms with Gasteiger partial charge in [0.25, 0.3) is 0 Å². The Morgan fingerprint density at radius 3 is 2.37 bits per heavy atom. The van der Waals surface area contributed by atoms with Crippen molar-refractivity contribution in [2.45, 2.75) is 11.8 Å². The van der Waals surface area contributed by atoms with Crippen LogP contribution in [0.4, 0.5) is 0 Å². The summed E-state index contributed by atoms with van der Waals surface area (Å²) in [5.41, 5.74) is 3.88. The van der Waals surface area contributed by atoms with E-state index < -0.39 is 0 Å². The highest BCUT2D eigenvalue weighted by atomic mass is 35.5. The van der Waals surface area contributed by atoms with E-state index in [1.165, 1.54) is 0 Å². The first-order valence-electron chi connectivity index (χ1n) is 8.19. The van der Waals surface area contributed by atoms with E-state index in [1.54, 1.807) is 7.11 Å². The zero-order valence-corrected chi connectivity index (χ0v) is 16.2. The number of methoxy groups -OCH3 is 1. The maximum atomic E-state index is 6.25. The van der Waals surface area contributed by atoms with Crippen LogP contribution in [0.5, 0.6) is 11.5 Å². The summed E-state index contributed by atoms with van der Waals surface area (Å²) >= 11 is 12.3. The lowest BCUT2D eigenvalue weighted by Crippen LogP contribution is -1.97. The van der Waals surface area contributed by atoms with Gasteiger partial charge in [0.15, 0.2) is 0 Å². The molecular formula is C23H16Cl2O2. The minimum atomic E-state index is 0.321. The third-order valence-electron chi connectivity index (χ3n) is 4.24. The number of terminal acetylenes is 1. The predicted molar refractivity (Wildman–Crippen MR) is 112 cm³/mol. The van der Waals surface area contributed by atoms with Crippen LogP contribution in [0.1, 0.15) is 11.1 Å². The number of alkyl halides is 2. The molecule has 0 aliphatic rings. The topological polar surface area (TPSA) is 18.5 Å². The zero-order valence-electron chi connectivity index (χ0n) is 14.7. The highest BCUT2D eigenvalue weighted by Gasteiger charge is 2.16. The monoisotopic (exact) mass is 394 g/mol. The van der Waals surface area contributed by atoms with E-state index in [9.17, 15) is 0 Å². The first-order valence-corrected chi connectivity index (χ1v) is 9.26. The van der Waals surface area contributed by atoms with Gasteiger partial charge in [-0.15, -0.1) is 29.6 Å². The Bertz CT molecular complexity index is 1090. The standard InChI is InChI=1S/C23H16Cl2O2/c1-3-4-11-27-22-10-9-18(17-7-5-6-8-19(17)22)20-12-16(14-24)13-23(26-2)21(20)15-25/h1,5-10,12-13H,14-15H2,2H3. The first kappa shape index (κ1) is 19.0. The molecule has 134 valence electrons. The number of rotatable bonds is 5. The minimum Gasteiger partial charge on any atom is -0.496 e. The largest absolute Gasteiger partial charge is 0.496 e. The first-order chi connectivity index (χ1) is 13.2. The molecule has 0 bridgehead atoms. The molecule has 4 heteroatoms. The summed E-state index contributed by atoms with van der Waals surface area (Å²) in [5, 5.41) is 1.94. The van der Waals surface area contributed by atoms with Gasteiger partial charge in [0.1, 0.15) is 17.6 Å². The van der Waals surface area contributed by atoms with Gasteiger partial charge in [0, 0.05) is 22.8 Å². The normalized spacial score (nSPS) is 10.0. The lowest BCUT2D eigenvalue weighted by molar-refractivity contribution is 0.411. The summed E-state index contributed by atoms with van der Waals surface area (Å²) in [6.07, 6.45) is 7.67. The van der Waals surface area contributed by atoms with Crippen LogP contribution in [0.2, 0.25) is 0 Å². The molecule has 0 N–H and O–H groups in total. The van der Waals surface area contributed by atoms with Crippen molar-refractivity contribution in [3.8, 4) is 47.0 Å². The highest BCUT2D eigenvalue weighted by molar-refractivity contribution is 6.18. The summed E-state index contributed by atoms with van der Waals surface area (Å²) in [6.45, 7) is 0. The number of fused-ring (bicyclic) bond motifs is 1. The van der Waals surface area contributed by atoms with E-state index in [-0.39, 0.29) is 0 Å². The molecule has 27 heavy (non-hydrogen) atoms. The Hall–Kier alpha value is -2.78. The molecule has 0 atom stereocenters. The Morgan fingerprint density at radius 1 is 0.926 bits per heavy atom. The lowest BCUT2D eigenvalue weighted by Gasteiger charge is -2.17. The third kappa shape index (κ3) is 3.83. The summed E-state index contributed by atoms with van der Waals surface area (Å²) in [5.74, 6) is 6.77. The van der Waals surface area contributed by atoms with Crippen molar-refractivity contribution in [2.75, 3.05) is 7.11 Å². The van der Waals surface area contributed by atoms with E-state index in [0.29, 0.717) is 17.5 Å². The Kier molecular flexibility index (Phi) is 6.15. The second-order valence-electron chi connectivity index (χ2n) is 5.72. The number of hydrogen-bond donors (Lipinski definition) is 0. The molecule has 3 aromatic rings. The number of halogens is 2. The molecule has 0 aliphatic heterocycles. The smallest absolute Gasteiger partial charge is 0.148 e. The van der Waals surface area contributed by atoms with Gasteiger partial charge in [-0.3, -0.25) is 0 Å². The molecule has 0 saturated carbocycles. The highest BCUT2D eigenvalue weighted by Crippen LogP contribution is 2.40. The van der Waals surface area contributed by atoms with E-state index >= 15 is 0 Å². The van der Waals surface area contributed by atoms with Gasteiger partial charge < -0.3 is 9.47 Å². The molecule has 0 aliphatic carbocycles. The molecule has 0 aromatic heterocycles. The van der Waals surface area contributed by atoms with Gasteiger partial charge >= 0.3 is 0 Å². The van der Waals surface area contributed by atoms with Crippen molar-refractivity contribution in [2.24, 2.45) is 0 Å². The van der Waals surface area contributed by atoms with Crippen molar-refractivity contribution in [1.82, 2.24) is 0 Å². The molecule has 3 aromatic carbocycles. The Balaban J connectivity index is 2.27. The molecule has 0 amide bonds. The van der Waals surface area contributed by atoms with Gasteiger partial charge in [-0.05, 0) is 52.3 Å². The third-order valence-corrected chi connectivity index (χ3v) is 4.81. The molecule has 0 fully saturated rings. The van der Waals surface area contributed by atoms with Gasteiger partial charge in [-0.1, -0.05) is 24.3 Å². The minimum absolute atomic E-state index is 0.321. The molecule has 0 unspecified atom stereocenters. The quantitative estimate of drug-likeness (QED) is 0.392. The van der Waals surface area contributed by atoms with Crippen LogP contribution in [-0.4, -0.2) is 7.11 Å².